The van der Waals surface area contributed by atoms with E-state index in [2.05, 4.69) is 17.5 Å². The summed E-state index contributed by atoms with van der Waals surface area (Å²) in [5.41, 5.74) is 0.468. The third-order valence-corrected chi connectivity index (χ3v) is 11.0. The summed E-state index contributed by atoms with van der Waals surface area (Å²) in [4.78, 5) is 58.3. The molecule has 244 valence electrons. The number of amides is 3. The smallest absolute Gasteiger partial charge is 0.410 e. The quantitative estimate of drug-likeness (QED) is 0.390. The molecule has 2 aliphatic carbocycles. The molecule has 2 saturated carbocycles. The first-order chi connectivity index (χ1) is 21.8. The van der Waals surface area contributed by atoms with Crippen LogP contribution in [-0.2, 0) is 32.2 Å². The van der Waals surface area contributed by atoms with Gasteiger partial charge in [-0.15, -0.1) is 0 Å². The van der Waals surface area contributed by atoms with Crippen molar-refractivity contribution in [3.63, 3.8) is 0 Å². The number of rotatable bonds is 6. The van der Waals surface area contributed by atoms with Crippen LogP contribution in [0.5, 0.6) is 0 Å². The number of carbonyl (C=O) groups is 4. The first-order valence-corrected chi connectivity index (χ1v) is 17.3. The molecule has 0 radical (unpaired) electrons. The van der Waals surface area contributed by atoms with E-state index >= 15 is 0 Å². The van der Waals surface area contributed by atoms with E-state index in [4.69, 9.17) is 4.74 Å². The minimum atomic E-state index is -0.789. The van der Waals surface area contributed by atoms with E-state index in [1.165, 1.54) is 17.4 Å². The number of nitrogens with zero attached hydrogens (tertiary/aromatic N) is 2. The van der Waals surface area contributed by atoms with Crippen LogP contribution in [0, 0.1) is 29.0 Å². The standard InChI is InChI=1S/C36H48FN3O5/c1-2-16-38-34(43)36-19-27(36)14-7-5-3-4-6-12-25(17-24-10-8-11-24)33(42)40-22-28(18-31(40)32(41)20-36)45-35(44)39-21-26-13-9-15-30(37)29(26)23-39/h7,9,13-15,24-25,27-28,31H,2-6,8,10-12,16-23H2,1H3,(H,38,43)/b14-7-/t25-,27-,28-,31+,36-/m1/s1. The zero-order valence-electron chi connectivity index (χ0n) is 26.6. The third-order valence-electron chi connectivity index (χ3n) is 11.0. The number of hydrogen-bond donors (Lipinski definition) is 1. The third kappa shape index (κ3) is 6.82. The van der Waals surface area contributed by atoms with Gasteiger partial charge in [0.1, 0.15) is 11.9 Å². The number of ketones is 1. The molecule has 3 fully saturated rings. The van der Waals surface area contributed by atoms with E-state index < -0.39 is 23.7 Å². The minimum Gasteiger partial charge on any atom is -0.444 e. The zero-order valence-corrected chi connectivity index (χ0v) is 26.6. The molecule has 6 rings (SSSR count). The van der Waals surface area contributed by atoms with Crippen LogP contribution in [0.4, 0.5) is 9.18 Å². The molecular formula is C36H48FN3O5. The fourth-order valence-electron chi connectivity index (χ4n) is 7.93. The first-order valence-electron chi connectivity index (χ1n) is 17.3. The average molecular weight is 622 g/mol. The number of benzene rings is 1. The van der Waals surface area contributed by atoms with Crippen LogP contribution < -0.4 is 5.32 Å². The molecule has 1 aromatic carbocycles. The summed E-state index contributed by atoms with van der Waals surface area (Å²) in [6, 6.07) is 4.10. The van der Waals surface area contributed by atoms with Crippen molar-refractivity contribution in [1.29, 1.82) is 0 Å². The average Bonchev–Trinajstić information content (AvgIpc) is 3.31. The Morgan fingerprint density at radius 2 is 1.93 bits per heavy atom. The summed E-state index contributed by atoms with van der Waals surface area (Å²) in [6.07, 6.45) is 13.9. The molecule has 3 amide bonds. The second kappa shape index (κ2) is 13.6. The monoisotopic (exact) mass is 621 g/mol. The maximum Gasteiger partial charge on any atom is 0.410 e. The molecule has 1 N–H and O–H groups in total. The number of ether oxygens (including phenoxy) is 1. The van der Waals surface area contributed by atoms with Gasteiger partial charge in [0, 0.05) is 37.4 Å². The highest BCUT2D eigenvalue weighted by molar-refractivity contribution is 5.96. The van der Waals surface area contributed by atoms with Crippen molar-refractivity contribution in [1.82, 2.24) is 15.1 Å². The summed E-state index contributed by atoms with van der Waals surface area (Å²) in [6.45, 7) is 3.12. The van der Waals surface area contributed by atoms with Crippen LogP contribution in [0.3, 0.4) is 0 Å². The highest BCUT2D eigenvalue weighted by atomic mass is 19.1. The minimum absolute atomic E-state index is 0.00572. The van der Waals surface area contributed by atoms with Crippen LogP contribution in [0.2, 0.25) is 0 Å². The molecule has 5 atom stereocenters. The van der Waals surface area contributed by atoms with Gasteiger partial charge in [-0.25, -0.2) is 9.18 Å². The normalized spacial score (nSPS) is 31.2. The van der Waals surface area contributed by atoms with Gasteiger partial charge in [0.15, 0.2) is 5.78 Å². The van der Waals surface area contributed by atoms with Crippen molar-refractivity contribution in [3.8, 4) is 0 Å². The molecule has 0 spiro atoms. The number of fused-ring (bicyclic) bond motifs is 3. The van der Waals surface area contributed by atoms with Crippen LogP contribution in [0.15, 0.2) is 30.4 Å². The fourth-order valence-corrected chi connectivity index (χ4v) is 7.93. The molecule has 5 aliphatic rings. The maximum atomic E-state index is 14.3. The van der Waals surface area contributed by atoms with Gasteiger partial charge in [-0.3, -0.25) is 19.3 Å². The lowest BCUT2D eigenvalue weighted by Crippen LogP contribution is -2.46. The molecule has 1 saturated heterocycles. The number of allylic oxidation sites excluding steroid dienone is 2. The van der Waals surface area contributed by atoms with Crippen molar-refractivity contribution in [2.24, 2.45) is 23.2 Å². The molecule has 8 nitrogen and oxygen atoms in total. The van der Waals surface area contributed by atoms with Crippen molar-refractivity contribution in [2.75, 3.05) is 13.1 Å². The predicted octanol–water partition coefficient (Wildman–Crippen LogP) is 6.07. The summed E-state index contributed by atoms with van der Waals surface area (Å²) in [5, 5.41) is 3.03. The Balaban J connectivity index is 1.22. The second-order valence-corrected chi connectivity index (χ2v) is 14.1. The highest BCUT2D eigenvalue weighted by Crippen LogP contribution is 2.57. The van der Waals surface area contributed by atoms with Crippen LogP contribution in [0.25, 0.3) is 0 Å². The van der Waals surface area contributed by atoms with Crippen LogP contribution in [0.1, 0.15) is 102 Å². The molecule has 0 aromatic heterocycles. The number of carbonyl (C=O) groups excluding carboxylic acids is 4. The van der Waals surface area contributed by atoms with Gasteiger partial charge in [-0.05, 0) is 62.0 Å². The first kappa shape index (κ1) is 31.7. The zero-order chi connectivity index (χ0) is 31.6. The largest absolute Gasteiger partial charge is 0.444 e. The lowest BCUT2D eigenvalue weighted by atomic mass is 9.77. The second-order valence-electron chi connectivity index (χ2n) is 14.1. The summed E-state index contributed by atoms with van der Waals surface area (Å²) >= 11 is 0. The van der Waals surface area contributed by atoms with Gasteiger partial charge in [-0.2, -0.15) is 0 Å². The molecule has 1 aromatic rings. The Kier molecular flexibility index (Phi) is 9.62. The lowest BCUT2D eigenvalue weighted by molar-refractivity contribution is -0.143. The summed E-state index contributed by atoms with van der Waals surface area (Å²) < 4.78 is 20.3. The fraction of sp³-hybridized carbons (Fsp3) is 0.667. The topological polar surface area (TPSA) is 96.0 Å². The van der Waals surface area contributed by atoms with Gasteiger partial charge in [-0.1, -0.05) is 63.3 Å². The molecule has 3 heterocycles. The molecule has 9 heteroatoms. The number of Topliss-reactive ketones (excluding diaryl/α,β-unsaturated/α-hetero) is 1. The van der Waals surface area contributed by atoms with Crippen molar-refractivity contribution >= 4 is 23.7 Å². The highest BCUT2D eigenvalue weighted by Gasteiger charge is 2.60. The SMILES string of the molecule is CCCNC(=O)[C@]12CC(=O)[C@@H]3C[C@@H](OC(=O)N4Cc5cccc(F)c5C4)CN3C(=O)[C@@H](CC3CCC3)CCCCC/C=C\[C@@H]1C2. The van der Waals surface area contributed by atoms with E-state index in [-0.39, 0.29) is 67.7 Å². The Morgan fingerprint density at radius 3 is 2.69 bits per heavy atom. The Hall–Kier alpha value is -3.23. The lowest BCUT2D eigenvalue weighted by Gasteiger charge is -2.33. The van der Waals surface area contributed by atoms with Gasteiger partial charge >= 0.3 is 6.09 Å². The van der Waals surface area contributed by atoms with Crippen molar-refractivity contribution in [3.05, 3.63) is 47.3 Å². The van der Waals surface area contributed by atoms with Gasteiger partial charge in [0.05, 0.1) is 24.5 Å². The molecule has 0 unspecified atom stereocenters. The summed E-state index contributed by atoms with van der Waals surface area (Å²) in [7, 11) is 0. The molecular weight excluding hydrogens is 573 g/mol. The van der Waals surface area contributed by atoms with Gasteiger partial charge < -0.3 is 15.0 Å². The van der Waals surface area contributed by atoms with Crippen LogP contribution in [-0.4, -0.2) is 58.7 Å². The number of nitrogens with one attached hydrogen (secondary N) is 1. The summed E-state index contributed by atoms with van der Waals surface area (Å²) in [5.74, 6) is -0.174. The van der Waals surface area contributed by atoms with E-state index in [0.29, 0.717) is 24.4 Å². The Morgan fingerprint density at radius 1 is 1.09 bits per heavy atom. The molecule has 3 aliphatic heterocycles. The van der Waals surface area contributed by atoms with Gasteiger partial charge in [0.2, 0.25) is 11.8 Å². The van der Waals surface area contributed by atoms with Crippen molar-refractivity contribution in [2.45, 2.75) is 116 Å². The maximum absolute atomic E-state index is 14.3. The predicted molar refractivity (Wildman–Crippen MR) is 167 cm³/mol. The molecule has 45 heavy (non-hydrogen) atoms. The van der Waals surface area contributed by atoms with Crippen molar-refractivity contribution < 1.29 is 28.3 Å². The Labute approximate surface area is 266 Å². The van der Waals surface area contributed by atoms with Gasteiger partial charge in [0.25, 0.3) is 0 Å². The van der Waals surface area contributed by atoms with E-state index in [0.717, 1.165) is 63.4 Å². The number of hydrogen-bond acceptors (Lipinski definition) is 5. The van der Waals surface area contributed by atoms with E-state index in [1.807, 2.05) is 13.0 Å². The number of halogens is 1. The van der Waals surface area contributed by atoms with E-state index in [9.17, 15) is 23.6 Å². The Bertz CT molecular complexity index is 1330. The van der Waals surface area contributed by atoms with E-state index in [1.54, 1.807) is 11.0 Å². The van der Waals surface area contributed by atoms with Crippen LogP contribution >= 0.6 is 0 Å². The molecule has 0 bridgehead atoms.